The molecule has 0 aliphatic rings. The second-order valence-electron chi connectivity index (χ2n) is 8.01. The van der Waals surface area contributed by atoms with Crippen LogP contribution in [0.3, 0.4) is 0 Å². The van der Waals surface area contributed by atoms with Crippen LogP contribution < -0.4 is 5.32 Å². The van der Waals surface area contributed by atoms with Gasteiger partial charge in [-0.05, 0) is 44.4 Å². The number of amides is 1. The lowest BCUT2D eigenvalue weighted by atomic mass is 10.1. The second kappa shape index (κ2) is 9.80. The lowest BCUT2D eigenvalue weighted by molar-refractivity contribution is 0.0494. The number of benzene rings is 2. The lowest BCUT2D eigenvalue weighted by Crippen LogP contribution is -2.36. The zero-order chi connectivity index (χ0) is 21.6. The number of hydrogen-bond acceptors (Lipinski definition) is 6. The second-order valence-corrected chi connectivity index (χ2v) is 8.94. The number of hydrogen-bond donors (Lipinski definition) is 1. The maximum atomic E-state index is 12.4. The van der Waals surface area contributed by atoms with Gasteiger partial charge in [-0.25, -0.2) is 4.79 Å². The molecule has 3 rings (SSSR count). The van der Waals surface area contributed by atoms with Gasteiger partial charge in [0.25, 0.3) is 5.22 Å². The molecular formula is C23H27N3O3S. The Morgan fingerprint density at radius 1 is 1.10 bits per heavy atom. The van der Waals surface area contributed by atoms with Crippen LogP contribution in [-0.2, 0) is 16.9 Å². The summed E-state index contributed by atoms with van der Waals surface area (Å²) in [5.41, 5.74) is 2.89. The molecule has 1 amide bonds. The average Bonchev–Trinajstić information content (AvgIpc) is 3.15. The molecule has 7 heteroatoms. The molecule has 0 aliphatic carbocycles. The van der Waals surface area contributed by atoms with Crippen LogP contribution in [0.2, 0.25) is 0 Å². The van der Waals surface area contributed by atoms with Crippen molar-refractivity contribution in [2.24, 2.45) is 0 Å². The highest BCUT2D eigenvalue weighted by molar-refractivity contribution is 7.98. The van der Waals surface area contributed by atoms with Crippen molar-refractivity contribution in [3.8, 4) is 0 Å². The monoisotopic (exact) mass is 425 g/mol. The molecule has 158 valence electrons. The Bertz CT molecular complexity index is 967. The summed E-state index contributed by atoms with van der Waals surface area (Å²) in [6, 6.07) is 17.6. The highest BCUT2D eigenvalue weighted by atomic mass is 32.2. The molecule has 30 heavy (non-hydrogen) atoms. The molecule has 0 bridgehead atoms. The van der Waals surface area contributed by atoms with E-state index in [4.69, 9.17) is 9.15 Å². The van der Waals surface area contributed by atoms with Gasteiger partial charge in [0.1, 0.15) is 11.6 Å². The van der Waals surface area contributed by atoms with Crippen molar-refractivity contribution in [2.75, 3.05) is 0 Å². The van der Waals surface area contributed by atoms with Crippen molar-refractivity contribution < 1.29 is 13.9 Å². The zero-order valence-electron chi connectivity index (χ0n) is 17.7. The van der Waals surface area contributed by atoms with Crippen molar-refractivity contribution >= 4 is 17.9 Å². The van der Waals surface area contributed by atoms with E-state index in [-0.39, 0.29) is 0 Å². The number of carbonyl (C=O) groups is 1. The topological polar surface area (TPSA) is 77.2 Å². The van der Waals surface area contributed by atoms with E-state index in [1.54, 1.807) is 0 Å². The Morgan fingerprint density at radius 2 is 1.80 bits per heavy atom. The Hall–Kier alpha value is -2.80. The first-order chi connectivity index (χ1) is 14.3. The normalized spacial score (nSPS) is 12.4. The standard InChI is InChI=1S/C23H27N3O3S/c1-16-10-8-9-13-18(16)15-30-22-26-25-20(28-22)19(14-17-11-6-5-7-12-17)24-21(27)29-23(2,3)4/h5-13,19H,14-15H2,1-4H3,(H,24,27). The molecule has 0 fully saturated rings. The molecule has 1 aromatic heterocycles. The fourth-order valence-corrected chi connectivity index (χ4v) is 3.68. The number of ether oxygens (including phenoxy) is 1. The predicted molar refractivity (Wildman–Crippen MR) is 117 cm³/mol. The molecule has 1 unspecified atom stereocenters. The molecule has 1 atom stereocenters. The van der Waals surface area contributed by atoms with E-state index in [0.29, 0.717) is 17.5 Å². The van der Waals surface area contributed by atoms with Crippen LogP contribution in [0.5, 0.6) is 0 Å². The minimum atomic E-state index is -0.592. The summed E-state index contributed by atoms with van der Waals surface area (Å²) in [4.78, 5) is 12.4. The third-order valence-electron chi connectivity index (χ3n) is 4.31. The Labute approximate surface area is 181 Å². The van der Waals surface area contributed by atoms with Crippen LogP contribution in [0.25, 0.3) is 0 Å². The maximum Gasteiger partial charge on any atom is 0.408 e. The van der Waals surface area contributed by atoms with E-state index in [1.165, 1.54) is 22.9 Å². The highest BCUT2D eigenvalue weighted by Crippen LogP contribution is 2.26. The van der Waals surface area contributed by atoms with Gasteiger partial charge < -0.3 is 14.5 Å². The van der Waals surface area contributed by atoms with E-state index >= 15 is 0 Å². The van der Waals surface area contributed by atoms with Crippen molar-refractivity contribution in [1.29, 1.82) is 0 Å². The summed E-state index contributed by atoms with van der Waals surface area (Å²) < 4.78 is 11.3. The summed E-state index contributed by atoms with van der Waals surface area (Å²) >= 11 is 1.48. The van der Waals surface area contributed by atoms with Gasteiger partial charge in [-0.3, -0.25) is 0 Å². The number of aromatic nitrogens is 2. The molecule has 1 heterocycles. The van der Waals surface area contributed by atoms with E-state index < -0.39 is 17.7 Å². The number of alkyl carbamates (subject to hydrolysis) is 1. The summed E-state index contributed by atoms with van der Waals surface area (Å²) in [5, 5.41) is 11.7. The molecule has 0 spiro atoms. The quantitative estimate of drug-likeness (QED) is 0.505. The van der Waals surface area contributed by atoms with Gasteiger partial charge in [0.15, 0.2) is 0 Å². The Morgan fingerprint density at radius 3 is 2.50 bits per heavy atom. The minimum Gasteiger partial charge on any atom is -0.444 e. The van der Waals surface area contributed by atoms with Crippen LogP contribution in [0.4, 0.5) is 4.79 Å². The van der Waals surface area contributed by atoms with Crippen LogP contribution in [0.15, 0.2) is 64.2 Å². The first-order valence-electron chi connectivity index (χ1n) is 9.84. The zero-order valence-corrected chi connectivity index (χ0v) is 18.5. The van der Waals surface area contributed by atoms with Gasteiger partial charge in [0.05, 0.1) is 0 Å². The van der Waals surface area contributed by atoms with Crippen molar-refractivity contribution in [3.63, 3.8) is 0 Å². The van der Waals surface area contributed by atoms with Crippen LogP contribution >= 0.6 is 11.8 Å². The fraction of sp³-hybridized carbons (Fsp3) is 0.348. The van der Waals surface area contributed by atoms with E-state index in [9.17, 15) is 4.79 Å². The van der Waals surface area contributed by atoms with Crippen molar-refractivity contribution in [3.05, 3.63) is 77.2 Å². The minimum absolute atomic E-state index is 0.358. The van der Waals surface area contributed by atoms with Gasteiger partial charge in [0.2, 0.25) is 5.89 Å². The molecule has 6 nitrogen and oxygen atoms in total. The Kier molecular flexibility index (Phi) is 7.15. The van der Waals surface area contributed by atoms with Gasteiger partial charge in [-0.2, -0.15) is 0 Å². The third kappa shape index (κ3) is 6.62. The molecule has 2 aromatic carbocycles. The largest absolute Gasteiger partial charge is 0.444 e. The SMILES string of the molecule is Cc1ccccc1CSc1nnc(C(Cc2ccccc2)NC(=O)OC(C)(C)C)o1. The molecule has 0 saturated carbocycles. The molecular weight excluding hydrogens is 398 g/mol. The van der Waals surface area contributed by atoms with Gasteiger partial charge >= 0.3 is 6.09 Å². The third-order valence-corrected chi connectivity index (χ3v) is 5.17. The Balaban J connectivity index is 1.72. The number of nitrogens with one attached hydrogen (secondary N) is 1. The van der Waals surface area contributed by atoms with Gasteiger partial charge in [-0.15, -0.1) is 10.2 Å². The lowest BCUT2D eigenvalue weighted by Gasteiger charge is -2.22. The average molecular weight is 426 g/mol. The van der Waals surface area contributed by atoms with Crippen molar-refractivity contribution in [1.82, 2.24) is 15.5 Å². The molecule has 0 radical (unpaired) electrons. The number of rotatable bonds is 7. The van der Waals surface area contributed by atoms with E-state index in [2.05, 4.69) is 34.6 Å². The van der Waals surface area contributed by atoms with Crippen molar-refractivity contribution in [2.45, 2.75) is 56.7 Å². The molecule has 0 aliphatic heterocycles. The van der Waals surface area contributed by atoms with Gasteiger partial charge in [-0.1, -0.05) is 66.4 Å². The summed E-state index contributed by atoms with van der Waals surface area (Å²) in [6.07, 6.45) is 0.000203. The molecule has 1 N–H and O–H groups in total. The highest BCUT2D eigenvalue weighted by Gasteiger charge is 2.25. The van der Waals surface area contributed by atoms with E-state index in [0.717, 1.165) is 11.3 Å². The molecule has 3 aromatic rings. The maximum absolute atomic E-state index is 12.4. The smallest absolute Gasteiger partial charge is 0.408 e. The van der Waals surface area contributed by atoms with Crippen LogP contribution in [-0.4, -0.2) is 21.9 Å². The number of aryl methyl sites for hydroxylation is 1. The molecule has 0 saturated heterocycles. The summed E-state index contributed by atoms with van der Waals surface area (Å²) in [7, 11) is 0. The first-order valence-corrected chi connectivity index (χ1v) is 10.8. The fourth-order valence-electron chi connectivity index (χ4n) is 2.83. The van der Waals surface area contributed by atoms with Crippen LogP contribution in [0.1, 0.15) is 49.4 Å². The number of carbonyl (C=O) groups excluding carboxylic acids is 1. The number of thioether (sulfide) groups is 1. The summed E-state index contributed by atoms with van der Waals surface area (Å²) in [6.45, 7) is 7.55. The first kappa shape index (κ1) is 21.9. The summed E-state index contributed by atoms with van der Waals surface area (Å²) in [5.74, 6) is 1.09. The van der Waals surface area contributed by atoms with Crippen LogP contribution in [0, 0.1) is 6.92 Å². The number of nitrogens with zero attached hydrogens (tertiary/aromatic N) is 2. The van der Waals surface area contributed by atoms with E-state index in [1.807, 2.05) is 63.2 Å². The predicted octanol–water partition coefficient (Wildman–Crippen LogP) is 5.48. The van der Waals surface area contributed by atoms with Gasteiger partial charge in [0, 0.05) is 12.2 Å².